The van der Waals surface area contributed by atoms with Gasteiger partial charge in [-0.2, -0.15) is 0 Å². The van der Waals surface area contributed by atoms with Crippen molar-refractivity contribution in [1.29, 1.82) is 0 Å². The number of aliphatic hydroxyl groups is 3. The van der Waals surface area contributed by atoms with Crippen LogP contribution in [0, 0.1) is 35.0 Å². The average Bonchev–Trinajstić information content (AvgIpc) is 3.10. The van der Waals surface area contributed by atoms with Crippen molar-refractivity contribution >= 4 is 17.7 Å². The number of carbonyl (C=O) groups excluding carboxylic acids is 3. The fourth-order valence-electron chi connectivity index (χ4n) is 11.3. The molecule has 7 aliphatic heterocycles. The number of ether oxygens (including phenoxy) is 5. The Labute approximate surface area is 229 Å². The molecule has 0 aromatic rings. The first-order valence-corrected chi connectivity index (χ1v) is 14.2. The molecule has 0 aromatic heterocycles. The van der Waals surface area contributed by atoms with Crippen molar-refractivity contribution < 1.29 is 53.4 Å². The van der Waals surface area contributed by atoms with Crippen molar-refractivity contribution in [3.8, 4) is 0 Å². The van der Waals surface area contributed by atoms with E-state index in [-0.39, 0.29) is 36.9 Å². The number of hydrogen-bond donors (Lipinski definition) is 3. The average molecular weight is 557 g/mol. The summed E-state index contributed by atoms with van der Waals surface area (Å²) in [5.74, 6) is -9.25. The molecule has 40 heavy (non-hydrogen) atoms. The molecule has 8 fully saturated rings. The molecule has 9 rings (SSSR count). The zero-order chi connectivity index (χ0) is 28.4. The topological polar surface area (TPSA) is 158 Å². The molecule has 0 radical (unpaired) electrons. The van der Waals surface area contributed by atoms with E-state index in [1.165, 1.54) is 0 Å². The number of carbonyl (C=O) groups is 3. The third-order valence-electron chi connectivity index (χ3n) is 12.7. The van der Waals surface area contributed by atoms with E-state index in [1.807, 2.05) is 27.7 Å². The lowest BCUT2D eigenvalue weighted by Crippen LogP contribution is -2.74. The normalized spacial score (nSPS) is 62.9. The number of fused-ring (bicyclic) bond motifs is 6. The summed E-state index contributed by atoms with van der Waals surface area (Å²) in [5.41, 5.74) is -6.43. The van der Waals surface area contributed by atoms with Crippen molar-refractivity contribution in [3.05, 3.63) is 23.0 Å². The van der Waals surface area contributed by atoms with Gasteiger partial charge in [-0.25, -0.2) is 4.79 Å². The van der Waals surface area contributed by atoms with Gasteiger partial charge in [-0.15, -0.1) is 0 Å². The van der Waals surface area contributed by atoms with Gasteiger partial charge in [0.2, 0.25) is 23.0 Å². The maximum atomic E-state index is 14.3. The Bertz CT molecular complexity index is 1460. The van der Waals surface area contributed by atoms with Crippen LogP contribution in [0.25, 0.3) is 0 Å². The molecule has 11 nitrogen and oxygen atoms in total. The number of hydrogen-bond acceptors (Lipinski definition) is 11. The van der Waals surface area contributed by atoms with Gasteiger partial charge in [0.25, 0.3) is 0 Å². The van der Waals surface area contributed by atoms with Crippen LogP contribution in [-0.2, 0) is 38.1 Å². The van der Waals surface area contributed by atoms with Gasteiger partial charge in [-0.05, 0) is 45.1 Å². The number of Topliss-reactive ketones (excluding diaryl/α,β-unsaturated/α-hetero) is 1. The maximum absolute atomic E-state index is 14.3. The number of cyclic esters (lactones) is 1. The molecular formula is C29H32O11. The van der Waals surface area contributed by atoms with Gasteiger partial charge in [0.05, 0.1) is 29.6 Å². The molecule has 0 amide bonds. The second-order valence-electron chi connectivity index (χ2n) is 14.4. The Hall–Kier alpha value is -2.15. The highest BCUT2D eigenvalue weighted by Crippen LogP contribution is 2.85. The largest absolute Gasteiger partial charge is 0.450 e. The molecule has 214 valence electrons. The summed E-state index contributed by atoms with van der Waals surface area (Å²) >= 11 is 0. The van der Waals surface area contributed by atoms with E-state index >= 15 is 0 Å². The van der Waals surface area contributed by atoms with Gasteiger partial charge >= 0.3 is 11.9 Å². The molecule has 2 saturated carbocycles. The van der Waals surface area contributed by atoms with Gasteiger partial charge in [-0.3, -0.25) is 9.59 Å². The van der Waals surface area contributed by atoms with E-state index in [0.717, 1.165) is 0 Å². The first-order valence-electron chi connectivity index (χ1n) is 14.2. The summed E-state index contributed by atoms with van der Waals surface area (Å²) in [4.78, 5) is 39.4. The monoisotopic (exact) mass is 556 g/mol. The molecular weight excluding hydrogens is 524 g/mol. The molecule has 3 N–H and O–H groups in total. The summed E-state index contributed by atoms with van der Waals surface area (Å²) in [6.07, 6.45) is -0.374. The Morgan fingerprint density at radius 2 is 1.77 bits per heavy atom. The Morgan fingerprint density at radius 3 is 2.45 bits per heavy atom. The zero-order valence-electron chi connectivity index (χ0n) is 22.8. The van der Waals surface area contributed by atoms with Crippen LogP contribution in [-0.4, -0.2) is 79.2 Å². The minimum Gasteiger partial charge on any atom is -0.450 e. The second kappa shape index (κ2) is 6.14. The smallest absolute Gasteiger partial charge is 0.339 e. The molecule has 6 saturated heterocycles. The van der Waals surface area contributed by atoms with Gasteiger partial charge in [0.1, 0.15) is 17.5 Å². The summed E-state index contributed by atoms with van der Waals surface area (Å²) in [7, 11) is 0. The van der Waals surface area contributed by atoms with Crippen molar-refractivity contribution in [2.75, 3.05) is 0 Å². The molecule has 9 aliphatic rings. The lowest BCUT2D eigenvalue weighted by Gasteiger charge is -2.53. The quantitative estimate of drug-likeness (QED) is 0.355. The van der Waals surface area contributed by atoms with Crippen LogP contribution >= 0.6 is 0 Å². The molecule has 4 bridgehead atoms. The highest BCUT2D eigenvalue weighted by atomic mass is 16.8. The summed E-state index contributed by atoms with van der Waals surface area (Å²) in [6, 6.07) is 0. The molecule has 2 aliphatic carbocycles. The zero-order valence-corrected chi connectivity index (χ0v) is 22.8. The molecule has 13 atom stereocenters. The van der Waals surface area contributed by atoms with Gasteiger partial charge in [0, 0.05) is 34.8 Å². The maximum Gasteiger partial charge on any atom is 0.339 e. The van der Waals surface area contributed by atoms with Crippen LogP contribution in [0.4, 0.5) is 0 Å². The molecule has 7 heterocycles. The molecule has 11 heteroatoms. The first-order chi connectivity index (χ1) is 18.5. The molecule has 0 aromatic carbocycles. The number of allylic oxidation sites excluding steroid dienone is 1. The van der Waals surface area contributed by atoms with E-state index in [1.54, 1.807) is 13.0 Å². The van der Waals surface area contributed by atoms with Crippen LogP contribution in [0.5, 0.6) is 0 Å². The van der Waals surface area contributed by atoms with Crippen LogP contribution in [0.2, 0.25) is 0 Å². The summed E-state index contributed by atoms with van der Waals surface area (Å²) in [6.45, 7) is 9.05. The fourth-order valence-corrected chi connectivity index (χ4v) is 11.3. The van der Waals surface area contributed by atoms with Gasteiger partial charge < -0.3 is 39.0 Å². The van der Waals surface area contributed by atoms with E-state index < -0.39 is 87.1 Å². The first kappa shape index (κ1) is 24.4. The number of esters is 2. The Balaban J connectivity index is 1.31. The van der Waals surface area contributed by atoms with Crippen LogP contribution in [0.3, 0.4) is 0 Å². The fraction of sp³-hybridized carbons (Fsp3) is 0.759. The van der Waals surface area contributed by atoms with E-state index in [4.69, 9.17) is 23.7 Å². The van der Waals surface area contributed by atoms with E-state index in [9.17, 15) is 29.7 Å². The predicted molar refractivity (Wildman–Crippen MR) is 128 cm³/mol. The van der Waals surface area contributed by atoms with Crippen LogP contribution < -0.4 is 0 Å². The number of ketones is 1. The van der Waals surface area contributed by atoms with Crippen molar-refractivity contribution in [3.63, 3.8) is 0 Å². The lowest BCUT2D eigenvalue weighted by molar-refractivity contribution is -0.393. The number of rotatable bonds is 0. The Morgan fingerprint density at radius 1 is 1.05 bits per heavy atom. The summed E-state index contributed by atoms with van der Waals surface area (Å²) < 4.78 is 30.8. The standard InChI is InChI=1S/C29H32O11/c1-10-6-12(36-22(10)32)17-11(2)18-20-24(18,5)25(17,33)9-26-19(21(31)28(20,34)40-26)13-7-14-23(3,4)38-15-8-16(30)39-27(14,15)29(26,35)37-13/h6,11,13-15,18-20,33-35H,7-9H2,1-5H3. The predicted octanol–water partition coefficient (Wildman–Crippen LogP) is 0.394. The van der Waals surface area contributed by atoms with Gasteiger partial charge in [0.15, 0.2) is 0 Å². The van der Waals surface area contributed by atoms with E-state index in [2.05, 4.69) is 0 Å². The second-order valence-corrected chi connectivity index (χ2v) is 14.4. The Kier molecular flexibility index (Phi) is 3.75. The third-order valence-corrected chi connectivity index (χ3v) is 12.7. The SMILES string of the molecule is CC1=CC(=C2C(C)C3C4C5(O)OC6(CC2(O)C34C)C(C5=O)C2CC3C(C)(C)OC4CC(=O)OC43C6(O)O2)OC1=O. The van der Waals surface area contributed by atoms with Crippen LogP contribution in [0.1, 0.15) is 53.9 Å². The van der Waals surface area contributed by atoms with Crippen molar-refractivity contribution in [2.24, 2.45) is 35.0 Å². The third kappa shape index (κ3) is 1.99. The van der Waals surface area contributed by atoms with E-state index in [0.29, 0.717) is 11.1 Å². The summed E-state index contributed by atoms with van der Waals surface area (Å²) in [5, 5.41) is 37.9. The highest BCUT2D eigenvalue weighted by Gasteiger charge is 2.98. The van der Waals surface area contributed by atoms with Crippen molar-refractivity contribution in [1.82, 2.24) is 0 Å². The molecule has 2 spiro atoms. The highest BCUT2D eigenvalue weighted by molar-refractivity contribution is 5.95. The van der Waals surface area contributed by atoms with Gasteiger partial charge in [-0.1, -0.05) is 13.8 Å². The van der Waals surface area contributed by atoms with Crippen LogP contribution in [0.15, 0.2) is 23.0 Å². The minimum atomic E-state index is -2.42. The van der Waals surface area contributed by atoms with Crippen molar-refractivity contribution in [2.45, 2.75) is 100 Å². The molecule has 13 unspecified atom stereocenters. The minimum absolute atomic E-state index is 0.117. The lowest BCUT2D eigenvalue weighted by atomic mass is 9.61.